The number of hydrogen-bond acceptors (Lipinski definition) is 7. The Morgan fingerprint density at radius 2 is 1.95 bits per heavy atom. The minimum absolute atomic E-state index is 0.479. The van der Waals surface area contributed by atoms with Crippen molar-refractivity contribution in [2.24, 2.45) is 0 Å². The van der Waals surface area contributed by atoms with Crippen LogP contribution >= 0.6 is 0 Å². The van der Waals surface area contributed by atoms with Gasteiger partial charge in [-0.05, 0) is 12.1 Å². The van der Waals surface area contributed by atoms with Crippen LogP contribution in [0.5, 0.6) is 11.5 Å². The number of hydrogen-bond donors (Lipinski definition) is 0. The van der Waals surface area contributed by atoms with Crippen LogP contribution in [0, 0.1) is 0 Å². The Morgan fingerprint density at radius 1 is 1.14 bits per heavy atom. The van der Waals surface area contributed by atoms with Gasteiger partial charge in [0, 0.05) is 13.1 Å². The first-order chi connectivity index (χ1) is 10.3. The van der Waals surface area contributed by atoms with Crippen LogP contribution in [0.3, 0.4) is 0 Å². The lowest BCUT2D eigenvalue weighted by Gasteiger charge is -2.24. The minimum atomic E-state index is 0.479. The summed E-state index contributed by atoms with van der Waals surface area (Å²) in [6.07, 6.45) is 0. The van der Waals surface area contributed by atoms with Crippen LogP contribution < -0.4 is 14.4 Å². The molecule has 112 valence electrons. The van der Waals surface area contributed by atoms with Crippen LogP contribution in [-0.4, -0.2) is 50.7 Å². The zero-order valence-electron chi connectivity index (χ0n) is 12.0. The molecule has 0 amide bonds. The van der Waals surface area contributed by atoms with Crippen molar-refractivity contribution in [2.45, 2.75) is 0 Å². The van der Waals surface area contributed by atoms with Gasteiger partial charge in [0.05, 0.1) is 33.0 Å². The molecule has 2 aromatic rings. The Balaban J connectivity index is 1.92. The van der Waals surface area contributed by atoms with E-state index >= 15 is 0 Å². The second-order valence-corrected chi connectivity index (χ2v) is 4.54. The fourth-order valence-corrected chi connectivity index (χ4v) is 2.27. The minimum Gasteiger partial charge on any atom is -0.493 e. The third kappa shape index (κ3) is 2.64. The van der Waals surface area contributed by atoms with E-state index in [1.807, 2.05) is 23.1 Å². The zero-order valence-corrected chi connectivity index (χ0v) is 12.0. The predicted molar refractivity (Wildman–Crippen MR) is 75.9 cm³/mol. The normalized spacial score (nSPS) is 15.0. The van der Waals surface area contributed by atoms with Crippen LogP contribution in [0.2, 0.25) is 0 Å². The number of ether oxygens (including phenoxy) is 3. The topological polar surface area (TPSA) is 69.9 Å². The fourth-order valence-electron chi connectivity index (χ4n) is 2.27. The van der Waals surface area contributed by atoms with Crippen molar-refractivity contribution in [3.8, 4) is 22.9 Å². The number of methoxy groups -OCH3 is 2. The van der Waals surface area contributed by atoms with Gasteiger partial charge in [0.1, 0.15) is 0 Å². The summed E-state index contributed by atoms with van der Waals surface area (Å²) in [7, 11) is 3.18. The van der Waals surface area contributed by atoms with Crippen LogP contribution in [0.4, 0.5) is 6.01 Å². The number of rotatable bonds is 4. The van der Waals surface area contributed by atoms with E-state index in [9.17, 15) is 0 Å². The quantitative estimate of drug-likeness (QED) is 0.847. The maximum atomic E-state index is 5.40. The van der Waals surface area contributed by atoms with Crippen LogP contribution in [0.1, 0.15) is 0 Å². The second-order valence-electron chi connectivity index (χ2n) is 4.54. The molecule has 0 radical (unpaired) electrons. The third-order valence-electron chi connectivity index (χ3n) is 3.34. The third-order valence-corrected chi connectivity index (χ3v) is 3.34. The smallest absolute Gasteiger partial charge is 0.324 e. The van der Waals surface area contributed by atoms with E-state index in [0.717, 1.165) is 18.7 Å². The molecule has 3 rings (SSSR count). The van der Waals surface area contributed by atoms with Crippen molar-refractivity contribution in [1.29, 1.82) is 0 Å². The molecule has 21 heavy (non-hydrogen) atoms. The molecule has 7 nitrogen and oxygen atoms in total. The van der Waals surface area contributed by atoms with Gasteiger partial charge in [-0.1, -0.05) is 11.2 Å². The maximum Gasteiger partial charge on any atom is 0.324 e. The lowest BCUT2D eigenvalue weighted by atomic mass is 10.2. The van der Waals surface area contributed by atoms with E-state index in [1.54, 1.807) is 14.2 Å². The molecule has 7 heteroatoms. The van der Waals surface area contributed by atoms with Crippen molar-refractivity contribution in [3.63, 3.8) is 0 Å². The number of benzene rings is 1. The molecule has 1 fully saturated rings. The highest BCUT2D eigenvalue weighted by molar-refractivity contribution is 5.69. The van der Waals surface area contributed by atoms with Gasteiger partial charge in [-0.3, -0.25) is 0 Å². The Bertz CT molecular complexity index is 608. The van der Waals surface area contributed by atoms with Crippen LogP contribution in [0.15, 0.2) is 22.7 Å². The van der Waals surface area contributed by atoms with Gasteiger partial charge in [0.25, 0.3) is 0 Å². The summed E-state index contributed by atoms with van der Waals surface area (Å²) in [4.78, 5) is 6.45. The van der Waals surface area contributed by atoms with E-state index in [-0.39, 0.29) is 0 Å². The average molecular weight is 291 g/mol. The number of nitrogens with zero attached hydrogens (tertiary/aromatic N) is 3. The molecule has 0 unspecified atom stereocenters. The SMILES string of the molecule is COc1cccc(-c2noc(N3CCOCC3)n2)c1OC. The Hall–Kier alpha value is -2.28. The molecule has 1 aliphatic rings. The molecule has 0 atom stereocenters. The Labute approximate surface area is 122 Å². The number of para-hydroxylation sites is 1. The largest absolute Gasteiger partial charge is 0.493 e. The molecule has 1 aliphatic heterocycles. The van der Waals surface area contributed by atoms with Crippen LogP contribution in [0.25, 0.3) is 11.4 Å². The summed E-state index contributed by atoms with van der Waals surface area (Å²) in [6, 6.07) is 6.06. The van der Waals surface area contributed by atoms with Gasteiger partial charge in [-0.2, -0.15) is 4.98 Å². The maximum absolute atomic E-state index is 5.40. The van der Waals surface area contributed by atoms with Gasteiger partial charge < -0.3 is 23.6 Å². The first kappa shape index (κ1) is 13.7. The van der Waals surface area contributed by atoms with Crippen molar-refractivity contribution in [1.82, 2.24) is 10.1 Å². The molecule has 0 N–H and O–H groups in total. The summed E-state index contributed by atoms with van der Waals surface area (Å²) in [6.45, 7) is 2.83. The molecular formula is C14H17N3O4. The Morgan fingerprint density at radius 3 is 2.67 bits per heavy atom. The predicted octanol–water partition coefficient (Wildman–Crippen LogP) is 1.59. The second kappa shape index (κ2) is 6.01. The fraction of sp³-hybridized carbons (Fsp3) is 0.429. The Kier molecular flexibility index (Phi) is 3.92. The first-order valence-corrected chi connectivity index (χ1v) is 6.71. The van der Waals surface area contributed by atoms with Gasteiger partial charge in [-0.25, -0.2) is 0 Å². The zero-order chi connectivity index (χ0) is 14.7. The molecule has 0 spiro atoms. The lowest BCUT2D eigenvalue weighted by molar-refractivity contribution is 0.119. The molecule has 0 aliphatic carbocycles. The summed E-state index contributed by atoms with van der Waals surface area (Å²) in [5, 5.41) is 4.04. The summed E-state index contributed by atoms with van der Waals surface area (Å²) in [5.41, 5.74) is 0.736. The highest BCUT2D eigenvalue weighted by atomic mass is 16.5. The van der Waals surface area contributed by atoms with E-state index < -0.39 is 0 Å². The van der Waals surface area contributed by atoms with E-state index in [1.165, 1.54) is 0 Å². The monoisotopic (exact) mass is 291 g/mol. The standard InChI is InChI=1S/C14H17N3O4/c1-18-11-5-3-4-10(12(11)19-2)13-15-14(21-16-13)17-6-8-20-9-7-17/h3-5H,6-9H2,1-2H3. The summed E-state index contributed by atoms with van der Waals surface area (Å²) in [5.74, 6) is 1.70. The lowest BCUT2D eigenvalue weighted by Crippen LogP contribution is -2.36. The number of aromatic nitrogens is 2. The highest BCUT2D eigenvalue weighted by Crippen LogP contribution is 2.36. The number of morpholine rings is 1. The molecule has 1 aromatic carbocycles. The molecular weight excluding hydrogens is 274 g/mol. The molecule has 1 saturated heterocycles. The van der Waals surface area contributed by atoms with Gasteiger partial charge >= 0.3 is 6.01 Å². The highest BCUT2D eigenvalue weighted by Gasteiger charge is 2.21. The summed E-state index contributed by atoms with van der Waals surface area (Å²) < 4.78 is 21.3. The first-order valence-electron chi connectivity index (χ1n) is 6.71. The van der Waals surface area contributed by atoms with Crippen molar-refractivity contribution in [2.75, 3.05) is 45.4 Å². The van der Waals surface area contributed by atoms with Gasteiger partial charge in [0.2, 0.25) is 5.82 Å². The molecule has 1 aromatic heterocycles. The van der Waals surface area contributed by atoms with E-state index in [0.29, 0.717) is 36.6 Å². The number of anilines is 1. The van der Waals surface area contributed by atoms with Gasteiger partial charge in [-0.15, -0.1) is 0 Å². The molecule has 0 bridgehead atoms. The molecule has 0 saturated carbocycles. The van der Waals surface area contributed by atoms with Crippen LogP contribution in [-0.2, 0) is 4.74 Å². The average Bonchev–Trinajstić information content (AvgIpc) is 3.04. The van der Waals surface area contributed by atoms with Crippen molar-refractivity contribution >= 4 is 6.01 Å². The molecule has 2 heterocycles. The van der Waals surface area contributed by atoms with E-state index in [2.05, 4.69) is 10.1 Å². The van der Waals surface area contributed by atoms with Crippen molar-refractivity contribution < 1.29 is 18.7 Å². The summed E-state index contributed by atoms with van der Waals surface area (Å²) >= 11 is 0. The van der Waals surface area contributed by atoms with Gasteiger partial charge in [0.15, 0.2) is 11.5 Å². The van der Waals surface area contributed by atoms with Crippen molar-refractivity contribution in [3.05, 3.63) is 18.2 Å². The van der Waals surface area contributed by atoms with E-state index in [4.69, 9.17) is 18.7 Å².